The van der Waals surface area contributed by atoms with Crippen molar-refractivity contribution in [2.45, 2.75) is 6.10 Å². The summed E-state index contributed by atoms with van der Waals surface area (Å²) < 4.78 is 4.74. The van der Waals surface area contributed by atoms with Gasteiger partial charge >= 0.3 is 6.09 Å². The van der Waals surface area contributed by atoms with E-state index in [4.69, 9.17) is 4.74 Å². The van der Waals surface area contributed by atoms with Crippen LogP contribution in [0.3, 0.4) is 0 Å². The number of cyclic esters (lactones) is 1. The van der Waals surface area contributed by atoms with Crippen LogP contribution in [-0.2, 0) is 4.74 Å². The predicted octanol–water partition coefficient (Wildman–Crippen LogP) is -0.0301. The van der Waals surface area contributed by atoms with Crippen molar-refractivity contribution in [3.05, 3.63) is 0 Å². The van der Waals surface area contributed by atoms with Crippen LogP contribution in [0.25, 0.3) is 0 Å². The normalized spacial score (nSPS) is 27.1. The number of rotatable bonds is 1. The lowest BCUT2D eigenvalue weighted by molar-refractivity contribution is 0.150. The van der Waals surface area contributed by atoms with Gasteiger partial charge in [0, 0.05) is 6.16 Å². The van der Waals surface area contributed by atoms with E-state index in [1.54, 1.807) is 0 Å². The van der Waals surface area contributed by atoms with Crippen LogP contribution in [0.15, 0.2) is 0 Å². The average molecular weight is 133 g/mol. The van der Waals surface area contributed by atoms with E-state index in [2.05, 4.69) is 14.6 Å². The molecule has 0 aromatic rings. The van der Waals surface area contributed by atoms with Gasteiger partial charge in [-0.3, -0.25) is 0 Å². The number of hydrogen-bond donors (Lipinski definition) is 1. The van der Waals surface area contributed by atoms with Crippen molar-refractivity contribution in [3.63, 3.8) is 0 Å². The van der Waals surface area contributed by atoms with Crippen LogP contribution in [0.2, 0.25) is 0 Å². The summed E-state index contributed by atoms with van der Waals surface area (Å²) in [5.41, 5.74) is 0. The van der Waals surface area contributed by atoms with Crippen molar-refractivity contribution in [3.8, 4) is 0 Å². The van der Waals surface area contributed by atoms with Crippen LogP contribution < -0.4 is 5.32 Å². The second-order valence-electron chi connectivity index (χ2n) is 1.64. The van der Waals surface area contributed by atoms with Gasteiger partial charge in [0.2, 0.25) is 0 Å². The molecule has 0 bridgehead atoms. The molecule has 2 unspecified atom stereocenters. The predicted molar refractivity (Wildman–Crippen MR) is 32.8 cm³/mol. The summed E-state index contributed by atoms with van der Waals surface area (Å²) in [5.74, 6) is 0. The molecule has 46 valence electrons. The maximum absolute atomic E-state index is 10.3. The number of carbonyl (C=O) groups excluding carboxylic acids is 1. The van der Waals surface area contributed by atoms with Gasteiger partial charge in [0.1, 0.15) is 6.10 Å². The highest BCUT2D eigenvalue weighted by molar-refractivity contribution is 7.16. The highest BCUT2D eigenvalue weighted by Crippen LogP contribution is 2.01. The molecule has 1 heterocycles. The van der Waals surface area contributed by atoms with Gasteiger partial charge in [0.15, 0.2) is 0 Å². The van der Waals surface area contributed by atoms with Crippen molar-refractivity contribution in [1.82, 2.24) is 5.32 Å². The molecule has 4 heteroatoms. The van der Waals surface area contributed by atoms with E-state index in [1.165, 1.54) is 0 Å². The van der Waals surface area contributed by atoms with Crippen molar-refractivity contribution in [2.24, 2.45) is 0 Å². The zero-order chi connectivity index (χ0) is 5.98. The van der Waals surface area contributed by atoms with E-state index in [0.717, 1.165) is 6.16 Å². The van der Waals surface area contributed by atoms with Crippen LogP contribution in [0.1, 0.15) is 0 Å². The molecule has 1 fully saturated rings. The average Bonchev–Trinajstić information content (AvgIpc) is 2.14. The van der Waals surface area contributed by atoms with Crippen molar-refractivity contribution in [1.29, 1.82) is 0 Å². The third-order valence-electron chi connectivity index (χ3n) is 1.01. The molecule has 0 aromatic heterocycles. The van der Waals surface area contributed by atoms with Crippen LogP contribution in [0.5, 0.6) is 0 Å². The first-order chi connectivity index (χ1) is 3.83. The Morgan fingerprint density at radius 1 is 2.00 bits per heavy atom. The fourth-order valence-corrected chi connectivity index (χ4v) is 0.826. The Morgan fingerprint density at radius 2 is 2.75 bits per heavy atom. The molecule has 0 saturated carbocycles. The number of amides is 1. The van der Waals surface area contributed by atoms with Gasteiger partial charge in [-0.15, -0.1) is 9.24 Å². The molecule has 1 aliphatic rings. The summed E-state index contributed by atoms with van der Waals surface area (Å²) in [6, 6.07) is 0. The molecule has 1 amide bonds. The van der Waals surface area contributed by atoms with Gasteiger partial charge < -0.3 is 10.1 Å². The molecule has 0 aliphatic carbocycles. The van der Waals surface area contributed by atoms with Gasteiger partial charge in [0.05, 0.1) is 6.54 Å². The van der Waals surface area contributed by atoms with Gasteiger partial charge in [-0.2, -0.15) is 0 Å². The maximum Gasteiger partial charge on any atom is 0.407 e. The lowest BCUT2D eigenvalue weighted by atomic mass is 10.4. The van der Waals surface area contributed by atoms with E-state index in [-0.39, 0.29) is 12.2 Å². The third-order valence-corrected chi connectivity index (χ3v) is 1.54. The zero-order valence-corrected chi connectivity index (χ0v) is 5.54. The third kappa shape index (κ3) is 1.10. The van der Waals surface area contributed by atoms with E-state index < -0.39 is 0 Å². The molecule has 2 atom stereocenters. The minimum Gasteiger partial charge on any atom is -0.444 e. The molecular weight excluding hydrogens is 125 g/mol. The quantitative estimate of drug-likeness (QED) is 0.510. The molecule has 3 nitrogen and oxygen atoms in total. The van der Waals surface area contributed by atoms with Crippen LogP contribution in [-0.4, -0.2) is 24.9 Å². The number of alkyl carbamates (subject to hydrolysis) is 1. The van der Waals surface area contributed by atoms with E-state index in [9.17, 15) is 4.79 Å². The SMILES string of the molecule is O=C1NCC(CP)O1. The standard InChI is InChI=1S/C4H8NO2P/c6-4-5-1-3(2-8)7-4/h3H,1-2,8H2,(H,5,6). The maximum atomic E-state index is 10.3. The molecule has 8 heavy (non-hydrogen) atoms. The minimum absolute atomic E-state index is 0.0764. The first kappa shape index (κ1) is 5.83. The first-order valence-electron chi connectivity index (χ1n) is 2.47. The molecule has 1 aliphatic heterocycles. The fourth-order valence-electron chi connectivity index (χ4n) is 0.563. The smallest absolute Gasteiger partial charge is 0.407 e. The monoisotopic (exact) mass is 133 g/mol. The van der Waals surface area contributed by atoms with Crippen LogP contribution >= 0.6 is 9.24 Å². The second-order valence-corrected chi connectivity index (χ2v) is 2.12. The number of ether oxygens (including phenoxy) is 1. The van der Waals surface area contributed by atoms with Crippen LogP contribution in [0.4, 0.5) is 4.79 Å². The Morgan fingerprint density at radius 3 is 3.00 bits per heavy atom. The lowest BCUT2D eigenvalue weighted by Crippen LogP contribution is -2.15. The van der Waals surface area contributed by atoms with Crippen molar-refractivity contribution < 1.29 is 9.53 Å². The van der Waals surface area contributed by atoms with E-state index in [1.807, 2.05) is 0 Å². The summed E-state index contributed by atoms with van der Waals surface area (Å²) in [5, 5.41) is 2.55. The number of nitrogens with one attached hydrogen (secondary N) is 1. The summed E-state index contributed by atoms with van der Waals surface area (Å²) >= 11 is 0. The Labute approximate surface area is 50.0 Å². The van der Waals surface area contributed by atoms with Crippen LogP contribution in [0, 0.1) is 0 Å². The van der Waals surface area contributed by atoms with Gasteiger partial charge in [0.25, 0.3) is 0 Å². The Kier molecular flexibility index (Phi) is 1.69. The fraction of sp³-hybridized carbons (Fsp3) is 0.750. The largest absolute Gasteiger partial charge is 0.444 e. The Balaban J connectivity index is 2.32. The molecule has 0 spiro atoms. The summed E-state index contributed by atoms with van der Waals surface area (Å²) in [4.78, 5) is 10.3. The van der Waals surface area contributed by atoms with Gasteiger partial charge in [-0.25, -0.2) is 4.79 Å². The molecule has 1 N–H and O–H groups in total. The minimum atomic E-state index is -0.294. The van der Waals surface area contributed by atoms with Gasteiger partial charge in [-0.05, 0) is 0 Å². The van der Waals surface area contributed by atoms with Gasteiger partial charge in [-0.1, -0.05) is 0 Å². The molecule has 0 radical (unpaired) electrons. The second kappa shape index (κ2) is 2.31. The lowest BCUT2D eigenvalue weighted by Gasteiger charge is -1.99. The Hall–Kier alpha value is -0.300. The van der Waals surface area contributed by atoms with E-state index in [0.29, 0.717) is 6.54 Å². The molecule has 0 aromatic carbocycles. The number of hydrogen-bond acceptors (Lipinski definition) is 2. The van der Waals surface area contributed by atoms with E-state index >= 15 is 0 Å². The summed E-state index contributed by atoms with van der Waals surface area (Å²) in [7, 11) is 2.52. The highest BCUT2D eigenvalue weighted by atomic mass is 31.0. The van der Waals surface area contributed by atoms with Crippen molar-refractivity contribution >= 4 is 15.3 Å². The Bertz CT molecular complexity index is 106. The molecule has 1 rings (SSSR count). The zero-order valence-electron chi connectivity index (χ0n) is 4.39. The topological polar surface area (TPSA) is 38.3 Å². The first-order valence-corrected chi connectivity index (χ1v) is 3.29. The number of carbonyl (C=O) groups is 1. The van der Waals surface area contributed by atoms with Crippen molar-refractivity contribution in [2.75, 3.05) is 12.7 Å². The summed E-state index contributed by atoms with van der Waals surface area (Å²) in [6.07, 6.45) is 0.601. The molecular formula is C4H8NO2P. The summed E-state index contributed by atoms with van der Waals surface area (Å²) in [6.45, 7) is 0.655. The highest BCUT2D eigenvalue weighted by Gasteiger charge is 2.19. The molecule has 1 saturated heterocycles.